The largest absolute Gasteiger partial charge is 0.508 e. The molecule has 0 saturated carbocycles. The van der Waals surface area contributed by atoms with Gasteiger partial charge in [-0.2, -0.15) is 0 Å². The van der Waals surface area contributed by atoms with Crippen molar-refractivity contribution in [1.82, 2.24) is 9.97 Å². The Hall–Kier alpha value is -2.34. The van der Waals surface area contributed by atoms with E-state index in [1.54, 1.807) is 42.5 Å². The lowest BCUT2D eigenvalue weighted by molar-refractivity contribution is 0.476. The summed E-state index contributed by atoms with van der Waals surface area (Å²) in [7, 11) is -3.20. The smallest absolute Gasteiger partial charge is 0.175 e. The fourth-order valence-corrected chi connectivity index (χ4v) is 2.62. The molecule has 3 rings (SSSR count). The topological polar surface area (TPSA) is 83.1 Å². The van der Waals surface area contributed by atoms with Gasteiger partial charge in [0.15, 0.2) is 9.84 Å². The first kappa shape index (κ1) is 12.7. The lowest BCUT2D eigenvalue weighted by atomic mass is 10.2. The summed E-state index contributed by atoms with van der Waals surface area (Å²) < 4.78 is 22.8. The van der Waals surface area contributed by atoms with Crippen molar-refractivity contribution >= 4 is 20.9 Å². The lowest BCUT2D eigenvalue weighted by Gasteiger charge is -1.99. The molecule has 0 bridgehead atoms. The first-order chi connectivity index (χ1) is 9.43. The van der Waals surface area contributed by atoms with Gasteiger partial charge < -0.3 is 10.1 Å². The van der Waals surface area contributed by atoms with Crippen LogP contribution in [0.4, 0.5) is 0 Å². The van der Waals surface area contributed by atoms with Gasteiger partial charge in [0.2, 0.25) is 0 Å². The highest BCUT2D eigenvalue weighted by Gasteiger charge is 2.09. The number of nitrogens with one attached hydrogen (secondary N) is 1. The average molecular weight is 288 g/mol. The number of fused-ring (bicyclic) bond motifs is 1. The normalized spacial score (nSPS) is 11.8. The number of aromatic nitrogens is 2. The molecule has 1 aromatic heterocycles. The van der Waals surface area contributed by atoms with Crippen molar-refractivity contribution in [3.05, 3.63) is 42.5 Å². The summed E-state index contributed by atoms with van der Waals surface area (Å²) in [5.74, 6) is 0.797. The van der Waals surface area contributed by atoms with Crippen LogP contribution in [-0.4, -0.2) is 29.7 Å². The number of aromatic amines is 1. The summed E-state index contributed by atoms with van der Waals surface area (Å²) in [6.07, 6.45) is 1.17. The monoisotopic (exact) mass is 288 g/mol. The summed E-state index contributed by atoms with van der Waals surface area (Å²) >= 11 is 0. The quantitative estimate of drug-likeness (QED) is 0.758. The maximum Gasteiger partial charge on any atom is 0.175 e. The van der Waals surface area contributed by atoms with Crippen molar-refractivity contribution < 1.29 is 13.5 Å². The number of H-pyrrole nitrogens is 1. The molecule has 0 aliphatic carbocycles. The van der Waals surface area contributed by atoms with Gasteiger partial charge in [-0.3, -0.25) is 0 Å². The van der Waals surface area contributed by atoms with Gasteiger partial charge in [-0.15, -0.1) is 0 Å². The summed E-state index contributed by atoms with van der Waals surface area (Å²) in [5.41, 5.74) is 2.25. The predicted molar refractivity (Wildman–Crippen MR) is 76.3 cm³/mol. The Bertz CT molecular complexity index is 880. The number of nitrogens with zero attached hydrogens (tertiary/aromatic N) is 1. The summed E-state index contributed by atoms with van der Waals surface area (Å²) in [6, 6.07) is 11.4. The number of sulfone groups is 1. The minimum atomic E-state index is -3.20. The van der Waals surface area contributed by atoms with E-state index in [9.17, 15) is 13.5 Å². The van der Waals surface area contributed by atoms with Crippen LogP contribution in [0.15, 0.2) is 47.4 Å². The molecular formula is C14H12N2O3S. The van der Waals surface area contributed by atoms with E-state index in [0.29, 0.717) is 5.82 Å². The second-order valence-electron chi connectivity index (χ2n) is 4.58. The van der Waals surface area contributed by atoms with E-state index in [0.717, 1.165) is 16.6 Å². The third-order valence-corrected chi connectivity index (χ3v) is 4.15. The molecule has 0 aliphatic heterocycles. The van der Waals surface area contributed by atoms with E-state index in [1.807, 2.05) is 0 Å². The Morgan fingerprint density at radius 3 is 2.45 bits per heavy atom. The number of imidazole rings is 1. The molecule has 3 aromatic rings. The van der Waals surface area contributed by atoms with Gasteiger partial charge in [0.05, 0.1) is 15.9 Å². The first-order valence-corrected chi connectivity index (χ1v) is 7.82. The zero-order valence-electron chi connectivity index (χ0n) is 10.7. The van der Waals surface area contributed by atoms with E-state index >= 15 is 0 Å². The molecule has 0 unspecified atom stereocenters. The van der Waals surface area contributed by atoms with Crippen molar-refractivity contribution in [2.24, 2.45) is 0 Å². The van der Waals surface area contributed by atoms with E-state index in [2.05, 4.69) is 9.97 Å². The maximum atomic E-state index is 11.4. The lowest BCUT2D eigenvalue weighted by Crippen LogP contribution is -1.96. The van der Waals surface area contributed by atoms with Gasteiger partial charge >= 0.3 is 0 Å². The third-order valence-electron chi connectivity index (χ3n) is 3.02. The van der Waals surface area contributed by atoms with Crippen LogP contribution in [-0.2, 0) is 9.84 Å². The van der Waals surface area contributed by atoms with E-state index < -0.39 is 9.84 Å². The van der Waals surface area contributed by atoms with Gasteiger partial charge in [0, 0.05) is 17.9 Å². The number of rotatable bonds is 2. The first-order valence-electron chi connectivity index (χ1n) is 5.93. The summed E-state index contributed by atoms with van der Waals surface area (Å²) in [6.45, 7) is 0. The van der Waals surface area contributed by atoms with Crippen LogP contribution in [0, 0.1) is 0 Å². The van der Waals surface area contributed by atoms with Gasteiger partial charge in [-0.25, -0.2) is 13.4 Å². The molecule has 0 amide bonds. The molecular weight excluding hydrogens is 276 g/mol. The molecule has 0 radical (unpaired) electrons. The van der Waals surface area contributed by atoms with Crippen LogP contribution in [0.2, 0.25) is 0 Å². The maximum absolute atomic E-state index is 11.4. The summed E-state index contributed by atoms with van der Waals surface area (Å²) in [5, 5.41) is 9.42. The molecule has 20 heavy (non-hydrogen) atoms. The molecule has 0 fully saturated rings. The van der Waals surface area contributed by atoms with Crippen LogP contribution in [0.1, 0.15) is 0 Å². The molecule has 102 valence electrons. The summed E-state index contributed by atoms with van der Waals surface area (Å²) in [4.78, 5) is 7.76. The molecule has 2 N–H and O–H groups in total. The molecule has 1 heterocycles. The van der Waals surface area contributed by atoms with Crippen LogP contribution in [0.3, 0.4) is 0 Å². The Morgan fingerprint density at radius 2 is 1.80 bits per heavy atom. The van der Waals surface area contributed by atoms with Crippen LogP contribution in [0.5, 0.6) is 5.75 Å². The minimum Gasteiger partial charge on any atom is -0.508 e. The van der Waals surface area contributed by atoms with Crippen LogP contribution < -0.4 is 0 Å². The Labute approximate surface area is 115 Å². The fourth-order valence-electron chi connectivity index (χ4n) is 1.99. The molecule has 0 spiro atoms. The average Bonchev–Trinajstić information content (AvgIpc) is 2.80. The van der Waals surface area contributed by atoms with E-state index in [-0.39, 0.29) is 10.6 Å². The van der Waals surface area contributed by atoms with Crippen molar-refractivity contribution in [2.75, 3.05) is 6.26 Å². The molecule has 6 heteroatoms. The zero-order valence-corrected chi connectivity index (χ0v) is 11.5. The van der Waals surface area contributed by atoms with Crippen molar-refractivity contribution in [1.29, 1.82) is 0 Å². The van der Waals surface area contributed by atoms with Crippen LogP contribution >= 0.6 is 0 Å². The van der Waals surface area contributed by atoms with Crippen molar-refractivity contribution in [3.8, 4) is 17.1 Å². The highest BCUT2D eigenvalue weighted by molar-refractivity contribution is 7.90. The van der Waals surface area contributed by atoms with E-state index in [1.165, 1.54) is 6.26 Å². The Morgan fingerprint density at radius 1 is 1.10 bits per heavy atom. The second kappa shape index (κ2) is 4.35. The van der Waals surface area contributed by atoms with Crippen molar-refractivity contribution in [2.45, 2.75) is 4.90 Å². The number of aromatic hydroxyl groups is 1. The molecule has 0 aliphatic rings. The molecule has 5 nitrogen and oxygen atoms in total. The van der Waals surface area contributed by atoms with Gasteiger partial charge in [0.25, 0.3) is 0 Å². The zero-order chi connectivity index (χ0) is 14.3. The molecule has 0 atom stereocenters. The van der Waals surface area contributed by atoms with Crippen molar-refractivity contribution in [3.63, 3.8) is 0 Å². The predicted octanol–water partition coefficient (Wildman–Crippen LogP) is 2.34. The number of benzene rings is 2. The number of hydrogen-bond donors (Lipinski definition) is 2. The van der Waals surface area contributed by atoms with E-state index in [4.69, 9.17) is 0 Å². The van der Waals surface area contributed by atoms with Gasteiger partial charge in [0.1, 0.15) is 11.6 Å². The number of phenolic OH excluding ortho intramolecular Hbond substituents is 1. The van der Waals surface area contributed by atoms with Crippen LogP contribution in [0.25, 0.3) is 22.4 Å². The number of hydrogen-bond acceptors (Lipinski definition) is 4. The van der Waals surface area contributed by atoms with Gasteiger partial charge in [-0.1, -0.05) is 0 Å². The SMILES string of the molecule is CS(=O)(=O)c1ccc(-c2nc3ccc(O)cc3[nH]2)cc1. The highest BCUT2D eigenvalue weighted by atomic mass is 32.2. The fraction of sp³-hybridized carbons (Fsp3) is 0.0714. The Kier molecular flexibility index (Phi) is 2.76. The second-order valence-corrected chi connectivity index (χ2v) is 6.60. The minimum absolute atomic E-state index is 0.167. The standard InChI is InChI=1S/C14H12N2O3S/c1-20(18,19)11-5-2-9(3-6-11)14-15-12-7-4-10(17)8-13(12)16-14/h2-8,17H,1H3,(H,15,16). The molecule has 0 saturated heterocycles. The van der Waals surface area contributed by atoms with Gasteiger partial charge in [-0.05, 0) is 36.4 Å². The third kappa shape index (κ3) is 2.25. The molecule has 2 aromatic carbocycles. The Balaban J connectivity index is 2.07. The number of phenols is 1. The highest BCUT2D eigenvalue weighted by Crippen LogP contribution is 2.24.